The standard InChI is InChI=1S/C13H19NO4S2/c14-20(16,17)13-7-6-11(19-13)8-12(15)18-9-10-4-2-1-3-5-10/h6-7,10H,1-5,8-9H2,(H2,14,16,17). The van der Waals surface area contributed by atoms with Gasteiger partial charge in [0.15, 0.2) is 0 Å². The second-order valence-corrected chi connectivity index (χ2v) is 8.09. The first-order valence-electron chi connectivity index (χ1n) is 6.72. The van der Waals surface area contributed by atoms with E-state index in [4.69, 9.17) is 9.88 Å². The van der Waals surface area contributed by atoms with Crippen molar-refractivity contribution in [3.63, 3.8) is 0 Å². The van der Waals surface area contributed by atoms with Crippen molar-refractivity contribution in [1.82, 2.24) is 0 Å². The van der Waals surface area contributed by atoms with E-state index in [2.05, 4.69) is 0 Å². The Labute approximate surface area is 123 Å². The normalized spacial score (nSPS) is 17.1. The molecule has 2 N–H and O–H groups in total. The summed E-state index contributed by atoms with van der Waals surface area (Å²) in [7, 11) is -3.68. The van der Waals surface area contributed by atoms with Crippen molar-refractivity contribution in [2.45, 2.75) is 42.7 Å². The van der Waals surface area contributed by atoms with Crippen molar-refractivity contribution in [2.24, 2.45) is 11.1 Å². The molecule has 0 aromatic carbocycles. The fraction of sp³-hybridized carbons (Fsp3) is 0.615. The van der Waals surface area contributed by atoms with Gasteiger partial charge in [-0.25, -0.2) is 13.6 Å². The molecule has 0 aliphatic heterocycles. The van der Waals surface area contributed by atoms with Gasteiger partial charge in [-0.3, -0.25) is 4.79 Å². The smallest absolute Gasteiger partial charge is 0.311 e. The lowest BCUT2D eigenvalue weighted by molar-refractivity contribution is -0.144. The number of hydrogen-bond donors (Lipinski definition) is 1. The molecule has 1 aromatic heterocycles. The zero-order chi connectivity index (χ0) is 14.6. The summed E-state index contributed by atoms with van der Waals surface area (Å²) >= 11 is 1.02. The van der Waals surface area contributed by atoms with Crippen molar-refractivity contribution in [3.05, 3.63) is 17.0 Å². The topological polar surface area (TPSA) is 86.5 Å². The van der Waals surface area contributed by atoms with Gasteiger partial charge < -0.3 is 4.74 Å². The molecule has 1 aliphatic carbocycles. The quantitative estimate of drug-likeness (QED) is 0.842. The highest BCUT2D eigenvalue weighted by molar-refractivity contribution is 7.91. The molecule has 0 radical (unpaired) electrons. The van der Waals surface area contributed by atoms with Crippen molar-refractivity contribution < 1.29 is 17.9 Å². The van der Waals surface area contributed by atoms with E-state index in [9.17, 15) is 13.2 Å². The first-order valence-corrected chi connectivity index (χ1v) is 9.08. The number of primary sulfonamides is 1. The van der Waals surface area contributed by atoms with Crippen LogP contribution in [0.1, 0.15) is 37.0 Å². The Morgan fingerprint density at radius 1 is 1.30 bits per heavy atom. The average Bonchev–Trinajstić information content (AvgIpc) is 2.86. The summed E-state index contributed by atoms with van der Waals surface area (Å²) in [6.07, 6.45) is 6.06. The Kier molecular flexibility index (Phi) is 5.17. The first kappa shape index (κ1) is 15.5. The van der Waals surface area contributed by atoms with Crippen LogP contribution in [0.2, 0.25) is 0 Å². The largest absolute Gasteiger partial charge is 0.465 e. The lowest BCUT2D eigenvalue weighted by Gasteiger charge is -2.20. The van der Waals surface area contributed by atoms with Crippen LogP contribution in [0.5, 0.6) is 0 Å². The van der Waals surface area contributed by atoms with Crippen LogP contribution in [-0.2, 0) is 26.0 Å². The zero-order valence-corrected chi connectivity index (χ0v) is 12.8. The summed E-state index contributed by atoms with van der Waals surface area (Å²) in [4.78, 5) is 12.4. The molecule has 1 heterocycles. The van der Waals surface area contributed by atoms with Crippen LogP contribution in [0.25, 0.3) is 0 Å². The third-order valence-electron chi connectivity index (χ3n) is 3.44. The molecule has 20 heavy (non-hydrogen) atoms. The fourth-order valence-electron chi connectivity index (χ4n) is 2.36. The van der Waals surface area contributed by atoms with E-state index in [1.165, 1.54) is 25.3 Å². The van der Waals surface area contributed by atoms with E-state index < -0.39 is 10.0 Å². The Bertz CT molecular complexity index is 559. The third kappa shape index (κ3) is 4.57. The van der Waals surface area contributed by atoms with Crippen LogP contribution in [0, 0.1) is 5.92 Å². The molecule has 0 bridgehead atoms. The molecule has 0 saturated heterocycles. The number of esters is 1. The highest BCUT2D eigenvalue weighted by Crippen LogP contribution is 2.24. The van der Waals surface area contributed by atoms with E-state index in [0.29, 0.717) is 17.4 Å². The van der Waals surface area contributed by atoms with Crippen LogP contribution < -0.4 is 5.14 Å². The number of hydrogen-bond acceptors (Lipinski definition) is 5. The number of nitrogens with two attached hydrogens (primary N) is 1. The molecule has 0 amide bonds. The molecule has 0 unspecified atom stereocenters. The number of sulfonamides is 1. The van der Waals surface area contributed by atoms with E-state index in [-0.39, 0.29) is 16.6 Å². The SMILES string of the molecule is NS(=O)(=O)c1ccc(CC(=O)OCC2CCCCC2)s1. The van der Waals surface area contributed by atoms with E-state index >= 15 is 0 Å². The summed E-state index contributed by atoms with van der Waals surface area (Å²) in [5.74, 6) is 0.175. The van der Waals surface area contributed by atoms with E-state index in [0.717, 1.165) is 24.2 Å². The molecule has 0 spiro atoms. The van der Waals surface area contributed by atoms with Gasteiger partial charge in [0, 0.05) is 4.88 Å². The molecule has 0 atom stereocenters. The van der Waals surface area contributed by atoms with Crippen LogP contribution in [-0.4, -0.2) is 21.0 Å². The summed E-state index contributed by atoms with van der Waals surface area (Å²) < 4.78 is 27.6. The van der Waals surface area contributed by atoms with E-state index in [1.807, 2.05) is 0 Å². The summed E-state index contributed by atoms with van der Waals surface area (Å²) in [6, 6.07) is 3.02. The van der Waals surface area contributed by atoms with Gasteiger partial charge in [0.25, 0.3) is 0 Å². The second-order valence-electron chi connectivity index (χ2n) is 5.13. The van der Waals surface area contributed by atoms with Crippen molar-refractivity contribution >= 4 is 27.3 Å². The minimum atomic E-state index is -3.68. The van der Waals surface area contributed by atoms with Gasteiger partial charge in [-0.15, -0.1) is 11.3 Å². The Balaban J connectivity index is 1.80. The maximum absolute atomic E-state index is 11.7. The zero-order valence-electron chi connectivity index (χ0n) is 11.2. The molecule has 5 nitrogen and oxygen atoms in total. The van der Waals surface area contributed by atoms with Gasteiger partial charge in [-0.2, -0.15) is 0 Å². The molecule has 1 aliphatic rings. The van der Waals surface area contributed by atoms with Crippen LogP contribution in [0.4, 0.5) is 0 Å². The van der Waals surface area contributed by atoms with Crippen LogP contribution in [0.15, 0.2) is 16.3 Å². The monoisotopic (exact) mass is 317 g/mol. The van der Waals surface area contributed by atoms with E-state index in [1.54, 1.807) is 6.07 Å². The molecule has 2 rings (SSSR count). The minimum Gasteiger partial charge on any atom is -0.465 e. The number of carbonyl (C=O) groups excluding carboxylic acids is 1. The number of ether oxygens (including phenoxy) is 1. The summed E-state index contributed by atoms with van der Waals surface area (Å²) in [5, 5.41) is 5.02. The maximum Gasteiger partial charge on any atom is 0.311 e. The summed E-state index contributed by atoms with van der Waals surface area (Å²) in [5.41, 5.74) is 0. The molecular formula is C13H19NO4S2. The van der Waals surface area contributed by atoms with Gasteiger partial charge in [0.05, 0.1) is 13.0 Å². The number of thiophene rings is 1. The molecule has 112 valence electrons. The summed E-state index contributed by atoms with van der Waals surface area (Å²) in [6.45, 7) is 0.478. The molecule has 1 fully saturated rings. The van der Waals surface area contributed by atoms with Gasteiger partial charge >= 0.3 is 5.97 Å². The Morgan fingerprint density at radius 3 is 2.60 bits per heavy atom. The van der Waals surface area contributed by atoms with Gasteiger partial charge in [-0.05, 0) is 30.9 Å². The average molecular weight is 317 g/mol. The van der Waals surface area contributed by atoms with Gasteiger partial charge in [0.1, 0.15) is 4.21 Å². The van der Waals surface area contributed by atoms with Crippen molar-refractivity contribution in [1.29, 1.82) is 0 Å². The molecular weight excluding hydrogens is 298 g/mol. The molecule has 7 heteroatoms. The molecule has 1 saturated carbocycles. The van der Waals surface area contributed by atoms with Crippen LogP contribution >= 0.6 is 11.3 Å². The third-order valence-corrected chi connectivity index (χ3v) is 5.96. The predicted octanol–water partition coefficient (Wildman–Crippen LogP) is 2.06. The Hall–Kier alpha value is -0.920. The second kappa shape index (κ2) is 6.69. The fourth-order valence-corrected chi connectivity index (χ4v) is 4.13. The lowest BCUT2D eigenvalue weighted by atomic mass is 9.90. The van der Waals surface area contributed by atoms with Gasteiger partial charge in [0.2, 0.25) is 10.0 Å². The van der Waals surface area contributed by atoms with Crippen molar-refractivity contribution in [2.75, 3.05) is 6.61 Å². The minimum absolute atomic E-state index is 0.0765. The van der Waals surface area contributed by atoms with Crippen molar-refractivity contribution in [3.8, 4) is 0 Å². The van der Waals surface area contributed by atoms with Gasteiger partial charge in [-0.1, -0.05) is 19.3 Å². The predicted molar refractivity (Wildman–Crippen MR) is 76.9 cm³/mol. The molecule has 1 aromatic rings. The number of rotatable bonds is 5. The maximum atomic E-state index is 11.7. The first-order chi connectivity index (χ1) is 9.45. The Morgan fingerprint density at radius 2 is 2.00 bits per heavy atom. The number of carbonyl (C=O) groups is 1. The highest BCUT2D eigenvalue weighted by atomic mass is 32.2. The van der Waals surface area contributed by atoms with Crippen LogP contribution in [0.3, 0.4) is 0 Å². The highest BCUT2D eigenvalue weighted by Gasteiger charge is 2.17. The lowest BCUT2D eigenvalue weighted by Crippen LogP contribution is -2.17.